The minimum absolute atomic E-state index is 0.0290. The number of hydrogen-bond acceptors (Lipinski definition) is 3. The zero-order valence-electron chi connectivity index (χ0n) is 16.1. The number of para-hydroxylation sites is 1. The molecular weight excluding hydrogens is 340 g/mol. The van der Waals surface area contributed by atoms with Gasteiger partial charge in [0.2, 0.25) is 11.8 Å². The van der Waals surface area contributed by atoms with Crippen LogP contribution in [0.15, 0.2) is 60.7 Å². The van der Waals surface area contributed by atoms with E-state index in [4.69, 9.17) is 4.74 Å². The lowest BCUT2D eigenvalue weighted by Crippen LogP contribution is -2.48. The van der Waals surface area contributed by atoms with Crippen molar-refractivity contribution in [1.82, 2.24) is 10.2 Å². The Morgan fingerprint density at radius 3 is 2.30 bits per heavy atom. The molecule has 0 aliphatic rings. The quantitative estimate of drug-likeness (QED) is 0.656. The fourth-order valence-electron chi connectivity index (χ4n) is 2.85. The summed E-state index contributed by atoms with van der Waals surface area (Å²) < 4.78 is 5.64. The highest BCUT2D eigenvalue weighted by molar-refractivity contribution is 5.87. The van der Waals surface area contributed by atoms with Crippen LogP contribution in [0.2, 0.25) is 0 Å². The van der Waals surface area contributed by atoms with Crippen LogP contribution in [0.3, 0.4) is 0 Å². The average Bonchev–Trinajstić information content (AvgIpc) is 2.72. The van der Waals surface area contributed by atoms with Gasteiger partial charge in [0.1, 0.15) is 11.8 Å². The first-order valence-electron chi connectivity index (χ1n) is 9.34. The molecule has 0 aliphatic heterocycles. The van der Waals surface area contributed by atoms with Gasteiger partial charge in [-0.05, 0) is 37.5 Å². The van der Waals surface area contributed by atoms with Crippen molar-refractivity contribution in [3.05, 3.63) is 66.2 Å². The van der Waals surface area contributed by atoms with E-state index in [1.807, 2.05) is 60.7 Å². The zero-order valence-corrected chi connectivity index (χ0v) is 16.1. The summed E-state index contributed by atoms with van der Waals surface area (Å²) in [5.74, 6) is 0.611. The molecule has 2 rings (SSSR count). The largest absolute Gasteiger partial charge is 0.494 e. The number of benzene rings is 2. The summed E-state index contributed by atoms with van der Waals surface area (Å²) in [4.78, 5) is 26.4. The molecule has 0 spiro atoms. The van der Waals surface area contributed by atoms with Crippen LogP contribution in [0.5, 0.6) is 5.75 Å². The Balaban J connectivity index is 1.88. The first-order chi connectivity index (χ1) is 13.1. The number of nitrogens with one attached hydrogen (secondary N) is 1. The summed E-state index contributed by atoms with van der Waals surface area (Å²) in [6, 6.07) is 19.0. The molecule has 0 bridgehead atoms. The third kappa shape index (κ3) is 6.77. The first-order valence-corrected chi connectivity index (χ1v) is 9.34. The maximum Gasteiger partial charge on any atom is 0.242 e. The second-order valence-electron chi connectivity index (χ2n) is 6.38. The summed E-state index contributed by atoms with van der Waals surface area (Å²) in [5.41, 5.74) is 1.15. The Hall–Kier alpha value is -2.82. The third-order valence-corrected chi connectivity index (χ3v) is 4.44. The van der Waals surface area contributed by atoms with Gasteiger partial charge < -0.3 is 15.0 Å². The van der Waals surface area contributed by atoms with Gasteiger partial charge in [0.15, 0.2) is 0 Å². The predicted molar refractivity (Wildman–Crippen MR) is 107 cm³/mol. The van der Waals surface area contributed by atoms with Crippen molar-refractivity contribution in [1.29, 1.82) is 0 Å². The molecule has 0 saturated carbocycles. The Kier molecular flexibility index (Phi) is 8.36. The zero-order chi connectivity index (χ0) is 19.5. The Morgan fingerprint density at radius 1 is 1.04 bits per heavy atom. The summed E-state index contributed by atoms with van der Waals surface area (Å²) in [5, 5.41) is 2.63. The van der Waals surface area contributed by atoms with Crippen LogP contribution >= 0.6 is 0 Å². The van der Waals surface area contributed by atoms with Gasteiger partial charge in [-0.15, -0.1) is 0 Å². The lowest BCUT2D eigenvalue weighted by atomic mass is 10.1. The van der Waals surface area contributed by atoms with Crippen LogP contribution in [-0.4, -0.2) is 43.0 Å². The molecule has 1 atom stereocenters. The minimum Gasteiger partial charge on any atom is -0.494 e. The highest BCUT2D eigenvalue weighted by Crippen LogP contribution is 2.11. The van der Waals surface area contributed by atoms with Gasteiger partial charge in [0.25, 0.3) is 0 Å². The lowest BCUT2D eigenvalue weighted by Gasteiger charge is -2.28. The van der Waals surface area contributed by atoms with Crippen molar-refractivity contribution >= 4 is 11.8 Å². The smallest absolute Gasteiger partial charge is 0.242 e. The number of hydrogen-bond donors (Lipinski definition) is 1. The summed E-state index contributed by atoms with van der Waals surface area (Å²) >= 11 is 0. The fraction of sp³-hybridized carbons (Fsp3) is 0.364. The van der Waals surface area contributed by atoms with E-state index < -0.39 is 6.04 Å². The molecule has 0 fully saturated rings. The molecule has 0 unspecified atom stereocenters. The second kappa shape index (κ2) is 11.0. The Labute approximate surface area is 161 Å². The molecule has 0 aromatic heterocycles. The highest BCUT2D eigenvalue weighted by atomic mass is 16.5. The number of rotatable bonds is 10. The van der Waals surface area contributed by atoms with Crippen LogP contribution < -0.4 is 10.1 Å². The fourth-order valence-corrected chi connectivity index (χ4v) is 2.85. The molecule has 0 radical (unpaired) electrons. The molecule has 2 aromatic rings. The molecule has 0 saturated heterocycles. The van der Waals surface area contributed by atoms with Crippen molar-refractivity contribution in [2.24, 2.45) is 0 Å². The molecular formula is C22H28N2O3. The van der Waals surface area contributed by atoms with E-state index in [9.17, 15) is 9.59 Å². The summed E-state index contributed by atoms with van der Waals surface area (Å²) in [6.07, 6.45) is 1.67. The van der Waals surface area contributed by atoms with Gasteiger partial charge in [-0.3, -0.25) is 9.59 Å². The van der Waals surface area contributed by atoms with E-state index >= 15 is 0 Å². The highest BCUT2D eigenvalue weighted by Gasteiger charge is 2.24. The molecule has 27 heavy (non-hydrogen) atoms. The van der Waals surface area contributed by atoms with Gasteiger partial charge in [-0.1, -0.05) is 48.5 Å². The number of amides is 2. The van der Waals surface area contributed by atoms with Gasteiger partial charge in [0.05, 0.1) is 6.61 Å². The van der Waals surface area contributed by atoms with Crippen molar-refractivity contribution in [3.63, 3.8) is 0 Å². The van der Waals surface area contributed by atoms with Crippen molar-refractivity contribution in [2.75, 3.05) is 20.2 Å². The number of nitrogens with zero attached hydrogens (tertiary/aromatic N) is 1. The number of likely N-dealkylation sites (N-methyl/N-ethyl adjacent to an activating group) is 1. The van der Waals surface area contributed by atoms with Gasteiger partial charge in [0, 0.05) is 20.0 Å². The molecule has 5 nitrogen and oxygen atoms in total. The Bertz CT molecular complexity index is 704. The predicted octanol–water partition coefficient (Wildman–Crippen LogP) is 3.05. The molecule has 0 aliphatic carbocycles. The van der Waals surface area contributed by atoms with E-state index in [-0.39, 0.29) is 11.8 Å². The van der Waals surface area contributed by atoms with E-state index in [2.05, 4.69) is 5.32 Å². The van der Waals surface area contributed by atoms with Crippen molar-refractivity contribution in [3.8, 4) is 5.75 Å². The first kappa shape index (κ1) is 20.5. The monoisotopic (exact) mass is 368 g/mol. The molecule has 1 N–H and O–H groups in total. The van der Waals surface area contributed by atoms with E-state index in [1.54, 1.807) is 18.9 Å². The molecule has 2 aromatic carbocycles. The summed E-state index contributed by atoms with van der Waals surface area (Å²) in [7, 11) is 1.59. The third-order valence-electron chi connectivity index (χ3n) is 4.44. The van der Waals surface area contributed by atoms with Crippen molar-refractivity contribution in [2.45, 2.75) is 32.2 Å². The molecule has 0 heterocycles. The minimum atomic E-state index is -0.499. The van der Waals surface area contributed by atoms with E-state index in [0.29, 0.717) is 32.4 Å². The van der Waals surface area contributed by atoms with Crippen LogP contribution in [-0.2, 0) is 16.0 Å². The van der Waals surface area contributed by atoms with E-state index in [1.165, 1.54) is 0 Å². The maximum atomic E-state index is 12.7. The second-order valence-corrected chi connectivity index (χ2v) is 6.38. The standard InChI is InChI=1S/C22H28N2O3/c1-18(22(26)23-2)24(16-15-19-10-5-3-6-11-19)21(25)14-9-17-27-20-12-7-4-8-13-20/h3-8,10-13,18H,9,14-17H2,1-2H3,(H,23,26)/t18-/m1/s1. The van der Waals surface area contributed by atoms with E-state index in [0.717, 1.165) is 11.3 Å². The van der Waals surface area contributed by atoms with Crippen LogP contribution in [0.4, 0.5) is 0 Å². The molecule has 2 amide bonds. The Morgan fingerprint density at radius 2 is 1.67 bits per heavy atom. The SMILES string of the molecule is CNC(=O)[C@@H](C)N(CCc1ccccc1)C(=O)CCCOc1ccccc1. The van der Waals surface area contributed by atoms with Gasteiger partial charge in [-0.25, -0.2) is 0 Å². The van der Waals surface area contributed by atoms with Gasteiger partial charge in [-0.2, -0.15) is 0 Å². The van der Waals surface area contributed by atoms with Crippen LogP contribution in [0.25, 0.3) is 0 Å². The number of carbonyl (C=O) groups excluding carboxylic acids is 2. The molecule has 5 heteroatoms. The molecule has 144 valence electrons. The lowest BCUT2D eigenvalue weighted by molar-refractivity contribution is -0.139. The maximum absolute atomic E-state index is 12.7. The average molecular weight is 368 g/mol. The summed E-state index contributed by atoms with van der Waals surface area (Å²) in [6.45, 7) is 2.75. The van der Waals surface area contributed by atoms with Crippen LogP contribution in [0, 0.1) is 0 Å². The van der Waals surface area contributed by atoms with Crippen molar-refractivity contribution < 1.29 is 14.3 Å². The van der Waals surface area contributed by atoms with Gasteiger partial charge >= 0.3 is 0 Å². The normalized spacial score (nSPS) is 11.5. The number of ether oxygens (including phenoxy) is 1. The number of carbonyl (C=O) groups is 2. The topological polar surface area (TPSA) is 58.6 Å². The van der Waals surface area contributed by atoms with Crippen LogP contribution in [0.1, 0.15) is 25.3 Å².